The van der Waals surface area contributed by atoms with Crippen molar-refractivity contribution in [2.45, 2.75) is 6.04 Å². The Labute approximate surface area is 126 Å². The van der Waals surface area contributed by atoms with Crippen LogP contribution in [0.2, 0.25) is 0 Å². The lowest BCUT2D eigenvalue weighted by molar-refractivity contribution is 0.606. The molecule has 0 aliphatic heterocycles. The molecule has 0 saturated carbocycles. The highest BCUT2D eigenvalue weighted by Gasteiger charge is 2.21. The van der Waals surface area contributed by atoms with Gasteiger partial charge in [0.05, 0.1) is 27.9 Å². The highest BCUT2D eigenvalue weighted by Crippen LogP contribution is 2.31. The standard InChI is InChI=1S/C15H15BrN4/c1-17-14(15-12(16)9-19-20(15)2)11-7-3-5-10-6-4-8-18-13(10)11/h3-9,14,17H,1-2H3. The van der Waals surface area contributed by atoms with Crippen molar-refractivity contribution in [3.63, 3.8) is 0 Å². The summed E-state index contributed by atoms with van der Waals surface area (Å²) in [6.07, 6.45) is 3.65. The van der Waals surface area contributed by atoms with E-state index in [0.29, 0.717) is 0 Å². The predicted molar refractivity (Wildman–Crippen MR) is 83.6 cm³/mol. The van der Waals surface area contributed by atoms with Gasteiger partial charge in [0.25, 0.3) is 0 Å². The fourth-order valence-corrected chi connectivity index (χ4v) is 3.12. The molecule has 5 heteroatoms. The van der Waals surface area contributed by atoms with Crippen LogP contribution in [0.5, 0.6) is 0 Å². The number of benzene rings is 1. The summed E-state index contributed by atoms with van der Waals surface area (Å²) < 4.78 is 2.87. The molecular weight excluding hydrogens is 316 g/mol. The molecule has 0 bridgehead atoms. The molecule has 102 valence electrons. The summed E-state index contributed by atoms with van der Waals surface area (Å²) in [4.78, 5) is 4.53. The monoisotopic (exact) mass is 330 g/mol. The Morgan fingerprint density at radius 2 is 2.05 bits per heavy atom. The van der Waals surface area contributed by atoms with Crippen molar-refractivity contribution in [3.8, 4) is 0 Å². The van der Waals surface area contributed by atoms with Crippen molar-refractivity contribution in [3.05, 3.63) is 58.5 Å². The molecule has 3 aromatic rings. The van der Waals surface area contributed by atoms with E-state index in [1.165, 1.54) is 0 Å². The third-order valence-electron chi connectivity index (χ3n) is 3.47. The van der Waals surface area contributed by atoms with Gasteiger partial charge in [0.2, 0.25) is 0 Å². The summed E-state index contributed by atoms with van der Waals surface area (Å²) in [5, 5.41) is 8.81. The lowest BCUT2D eigenvalue weighted by Crippen LogP contribution is -2.21. The van der Waals surface area contributed by atoms with Crippen molar-refractivity contribution in [1.29, 1.82) is 0 Å². The second-order valence-corrected chi connectivity index (χ2v) is 5.50. The minimum absolute atomic E-state index is 0.0375. The zero-order valence-corrected chi connectivity index (χ0v) is 12.9. The van der Waals surface area contributed by atoms with E-state index in [2.05, 4.69) is 55.6 Å². The average Bonchev–Trinajstić information content (AvgIpc) is 2.81. The van der Waals surface area contributed by atoms with Gasteiger partial charge in [-0.3, -0.25) is 9.67 Å². The molecule has 2 heterocycles. The van der Waals surface area contributed by atoms with Gasteiger partial charge < -0.3 is 5.32 Å². The van der Waals surface area contributed by atoms with Gasteiger partial charge in [0.1, 0.15) is 0 Å². The molecule has 0 spiro atoms. The minimum Gasteiger partial charge on any atom is -0.308 e. The third kappa shape index (κ3) is 2.13. The van der Waals surface area contributed by atoms with Gasteiger partial charge in [-0.25, -0.2) is 0 Å². The molecule has 1 aromatic carbocycles. The van der Waals surface area contributed by atoms with Crippen LogP contribution in [0.3, 0.4) is 0 Å². The second-order valence-electron chi connectivity index (χ2n) is 4.65. The fourth-order valence-electron chi connectivity index (χ4n) is 2.55. The Hall–Kier alpha value is -1.72. The molecule has 0 radical (unpaired) electrons. The number of halogens is 1. The Kier molecular flexibility index (Phi) is 3.54. The summed E-state index contributed by atoms with van der Waals surface area (Å²) in [6, 6.07) is 10.3. The number of fused-ring (bicyclic) bond motifs is 1. The second kappa shape index (κ2) is 5.34. The third-order valence-corrected chi connectivity index (χ3v) is 4.09. The van der Waals surface area contributed by atoms with Crippen LogP contribution in [0.25, 0.3) is 10.9 Å². The Bertz CT molecular complexity index is 726. The van der Waals surface area contributed by atoms with E-state index in [-0.39, 0.29) is 6.04 Å². The van der Waals surface area contributed by atoms with Gasteiger partial charge in [-0.05, 0) is 29.0 Å². The normalized spacial score (nSPS) is 12.8. The van der Waals surface area contributed by atoms with Crippen LogP contribution in [0.15, 0.2) is 47.2 Å². The lowest BCUT2D eigenvalue weighted by atomic mass is 10.0. The van der Waals surface area contributed by atoms with Gasteiger partial charge in [0.15, 0.2) is 0 Å². The van der Waals surface area contributed by atoms with Gasteiger partial charge in [0, 0.05) is 24.2 Å². The summed E-state index contributed by atoms with van der Waals surface area (Å²) in [5.41, 5.74) is 3.25. The molecule has 0 fully saturated rings. The number of rotatable bonds is 3. The first-order valence-corrected chi connectivity index (χ1v) is 7.20. The highest BCUT2D eigenvalue weighted by molar-refractivity contribution is 9.10. The largest absolute Gasteiger partial charge is 0.308 e. The molecule has 2 aromatic heterocycles. The van der Waals surface area contributed by atoms with Crippen molar-refractivity contribution in [2.24, 2.45) is 7.05 Å². The van der Waals surface area contributed by atoms with Crippen LogP contribution in [0.1, 0.15) is 17.3 Å². The van der Waals surface area contributed by atoms with E-state index in [1.807, 2.05) is 37.2 Å². The summed E-state index contributed by atoms with van der Waals surface area (Å²) in [6.45, 7) is 0. The Balaban J connectivity index is 2.22. The minimum atomic E-state index is 0.0375. The first-order valence-electron chi connectivity index (χ1n) is 6.40. The Morgan fingerprint density at radius 1 is 1.25 bits per heavy atom. The molecule has 1 atom stereocenters. The van der Waals surface area contributed by atoms with Crippen molar-refractivity contribution < 1.29 is 0 Å². The number of nitrogens with zero attached hydrogens (tertiary/aromatic N) is 3. The fraction of sp³-hybridized carbons (Fsp3) is 0.200. The maximum absolute atomic E-state index is 4.53. The number of hydrogen-bond donors (Lipinski definition) is 1. The number of aryl methyl sites for hydroxylation is 1. The molecule has 1 N–H and O–H groups in total. The number of para-hydroxylation sites is 1. The van der Waals surface area contributed by atoms with Crippen LogP contribution in [-0.4, -0.2) is 21.8 Å². The highest BCUT2D eigenvalue weighted by atomic mass is 79.9. The van der Waals surface area contributed by atoms with E-state index >= 15 is 0 Å². The van der Waals surface area contributed by atoms with Crippen LogP contribution in [-0.2, 0) is 7.05 Å². The summed E-state index contributed by atoms with van der Waals surface area (Å²) in [5.74, 6) is 0. The zero-order chi connectivity index (χ0) is 14.1. The maximum atomic E-state index is 4.53. The molecule has 4 nitrogen and oxygen atoms in total. The lowest BCUT2D eigenvalue weighted by Gasteiger charge is -2.19. The van der Waals surface area contributed by atoms with E-state index in [9.17, 15) is 0 Å². The quantitative estimate of drug-likeness (QED) is 0.802. The molecule has 0 aliphatic rings. The van der Waals surface area contributed by atoms with Crippen LogP contribution in [0, 0.1) is 0 Å². The number of hydrogen-bond acceptors (Lipinski definition) is 3. The van der Waals surface area contributed by atoms with Crippen LogP contribution < -0.4 is 5.32 Å². The zero-order valence-electron chi connectivity index (χ0n) is 11.3. The van der Waals surface area contributed by atoms with Crippen molar-refractivity contribution in [1.82, 2.24) is 20.1 Å². The molecule has 0 amide bonds. The smallest absolute Gasteiger partial charge is 0.0778 e. The van der Waals surface area contributed by atoms with Crippen LogP contribution in [0.4, 0.5) is 0 Å². The molecule has 0 saturated heterocycles. The van der Waals surface area contributed by atoms with E-state index in [4.69, 9.17) is 0 Å². The number of nitrogens with one attached hydrogen (secondary N) is 1. The van der Waals surface area contributed by atoms with Gasteiger partial charge in [-0.15, -0.1) is 0 Å². The van der Waals surface area contributed by atoms with E-state index in [1.54, 1.807) is 0 Å². The van der Waals surface area contributed by atoms with Gasteiger partial charge in [-0.1, -0.05) is 24.3 Å². The Morgan fingerprint density at radius 3 is 2.75 bits per heavy atom. The van der Waals surface area contributed by atoms with E-state index < -0.39 is 0 Å². The molecular formula is C15H15BrN4. The molecule has 0 aliphatic carbocycles. The average molecular weight is 331 g/mol. The number of aromatic nitrogens is 3. The topological polar surface area (TPSA) is 42.7 Å². The molecule has 1 unspecified atom stereocenters. The maximum Gasteiger partial charge on any atom is 0.0778 e. The number of pyridine rings is 1. The van der Waals surface area contributed by atoms with Crippen LogP contribution >= 0.6 is 15.9 Å². The van der Waals surface area contributed by atoms with E-state index in [0.717, 1.165) is 26.6 Å². The van der Waals surface area contributed by atoms with Crippen molar-refractivity contribution >= 4 is 26.8 Å². The van der Waals surface area contributed by atoms with Crippen molar-refractivity contribution in [2.75, 3.05) is 7.05 Å². The summed E-state index contributed by atoms with van der Waals surface area (Å²) in [7, 11) is 3.90. The predicted octanol–water partition coefficient (Wildman–Crippen LogP) is 3.04. The SMILES string of the molecule is CNC(c1cccc2cccnc12)c1c(Br)cnn1C. The first-order chi connectivity index (χ1) is 9.72. The van der Waals surface area contributed by atoms with Gasteiger partial charge in [-0.2, -0.15) is 5.10 Å². The molecule has 20 heavy (non-hydrogen) atoms. The molecule has 3 rings (SSSR count). The van der Waals surface area contributed by atoms with Gasteiger partial charge >= 0.3 is 0 Å². The summed E-state index contributed by atoms with van der Waals surface area (Å²) >= 11 is 3.58. The first kappa shape index (κ1) is 13.3.